The van der Waals surface area contributed by atoms with Crippen molar-refractivity contribution in [3.63, 3.8) is 0 Å². The molecule has 1 aliphatic heterocycles. The Bertz CT molecular complexity index is 808. The lowest BCUT2D eigenvalue weighted by Crippen LogP contribution is -2.36. The van der Waals surface area contributed by atoms with Gasteiger partial charge in [0.15, 0.2) is 0 Å². The van der Waals surface area contributed by atoms with E-state index < -0.39 is 17.9 Å². The van der Waals surface area contributed by atoms with Gasteiger partial charge in [0, 0.05) is 25.2 Å². The van der Waals surface area contributed by atoms with E-state index in [1.165, 1.54) is 18.7 Å². The lowest BCUT2D eigenvalue weighted by Gasteiger charge is -2.33. The van der Waals surface area contributed by atoms with Crippen LogP contribution < -0.4 is 15.5 Å². The molecule has 0 atom stereocenters. The van der Waals surface area contributed by atoms with Crippen molar-refractivity contribution in [2.75, 3.05) is 23.3 Å². The molecule has 0 radical (unpaired) electrons. The summed E-state index contributed by atoms with van der Waals surface area (Å²) in [6.07, 6.45) is -0.301. The highest BCUT2D eigenvalue weighted by atomic mass is 19.4. The summed E-state index contributed by atoms with van der Waals surface area (Å²) in [5, 5.41) is 5.02. The summed E-state index contributed by atoms with van der Waals surface area (Å²) in [5.41, 5.74) is -0.437. The molecule has 0 aromatic carbocycles. The predicted octanol–water partition coefficient (Wildman–Crippen LogP) is 2.84. The van der Waals surface area contributed by atoms with Crippen molar-refractivity contribution in [2.45, 2.75) is 32.5 Å². The lowest BCUT2D eigenvalue weighted by atomic mass is 9.99. The summed E-state index contributed by atoms with van der Waals surface area (Å²) in [5.74, 6) is 0.847. The zero-order chi connectivity index (χ0) is 20.1. The number of alkyl halides is 3. The number of pyridine rings is 1. The molecule has 28 heavy (non-hydrogen) atoms. The van der Waals surface area contributed by atoms with Crippen LogP contribution in [0.3, 0.4) is 0 Å². The van der Waals surface area contributed by atoms with E-state index in [1.807, 2.05) is 4.90 Å². The van der Waals surface area contributed by atoms with E-state index in [4.69, 9.17) is 0 Å². The first-order chi connectivity index (χ1) is 13.3. The van der Waals surface area contributed by atoms with Gasteiger partial charge in [0.05, 0.1) is 0 Å². The van der Waals surface area contributed by atoms with Crippen molar-refractivity contribution < 1.29 is 18.0 Å². The molecule has 1 aliphatic rings. The minimum absolute atomic E-state index is 0.0173. The molecule has 1 fully saturated rings. The number of hydrogen-bond donors (Lipinski definition) is 2. The van der Waals surface area contributed by atoms with E-state index in [9.17, 15) is 18.0 Å². The van der Waals surface area contributed by atoms with E-state index in [-0.39, 0.29) is 18.3 Å². The number of piperidine rings is 1. The number of urea groups is 1. The van der Waals surface area contributed by atoms with E-state index in [2.05, 4.69) is 37.5 Å². The SMILES string of the molecule is CC1CCN(c2nc(C(F)(F)F)ccc2CNC(=O)Nc2ncncn2)CC1. The van der Waals surface area contributed by atoms with Crippen LogP contribution in [-0.2, 0) is 12.7 Å². The standard InChI is InChI=1S/C17H20F3N7O/c1-11-4-6-27(7-5-11)14-12(2-3-13(25-14)17(18,19)20)8-22-16(28)26-15-23-9-21-10-24-15/h2-3,9-11H,4-8H2,1H3,(H2,21,22,23,24,26,28). The van der Waals surface area contributed by atoms with Gasteiger partial charge in [-0.3, -0.25) is 5.32 Å². The van der Waals surface area contributed by atoms with Crippen molar-refractivity contribution in [3.05, 3.63) is 36.0 Å². The Kier molecular flexibility index (Phi) is 5.90. The third-order valence-electron chi connectivity index (χ3n) is 4.49. The first-order valence-corrected chi connectivity index (χ1v) is 8.82. The molecule has 2 amide bonds. The number of amides is 2. The van der Waals surface area contributed by atoms with Crippen molar-refractivity contribution in [2.24, 2.45) is 5.92 Å². The summed E-state index contributed by atoms with van der Waals surface area (Å²) in [7, 11) is 0. The molecule has 0 aliphatic carbocycles. The van der Waals surface area contributed by atoms with Gasteiger partial charge >= 0.3 is 12.2 Å². The second-order valence-electron chi connectivity index (χ2n) is 6.62. The monoisotopic (exact) mass is 395 g/mol. The second-order valence-corrected chi connectivity index (χ2v) is 6.62. The van der Waals surface area contributed by atoms with Gasteiger partial charge in [-0.05, 0) is 24.8 Å². The Morgan fingerprint density at radius 3 is 2.54 bits per heavy atom. The molecule has 3 heterocycles. The maximum atomic E-state index is 13.1. The van der Waals surface area contributed by atoms with Gasteiger partial charge in [0.2, 0.25) is 5.95 Å². The van der Waals surface area contributed by atoms with Gasteiger partial charge in [-0.25, -0.2) is 24.7 Å². The fourth-order valence-corrected chi connectivity index (χ4v) is 2.89. The van der Waals surface area contributed by atoms with Crippen molar-refractivity contribution in [1.29, 1.82) is 0 Å². The normalized spacial score (nSPS) is 15.4. The molecule has 2 aromatic heterocycles. The third kappa shape index (κ3) is 5.05. The molecule has 2 N–H and O–H groups in total. The van der Waals surface area contributed by atoms with Crippen LogP contribution in [0.1, 0.15) is 31.0 Å². The molecule has 0 saturated carbocycles. The van der Waals surface area contributed by atoms with Crippen LogP contribution in [-0.4, -0.2) is 39.1 Å². The fourth-order valence-electron chi connectivity index (χ4n) is 2.89. The number of carbonyl (C=O) groups excluding carboxylic acids is 1. The minimum atomic E-state index is -4.53. The Balaban J connectivity index is 1.74. The van der Waals surface area contributed by atoms with Crippen LogP contribution in [0.5, 0.6) is 0 Å². The van der Waals surface area contributed by atoms with Gasteiger partial charge in [0.1, 0.15) is 24.2 Å². The Morgan fingerprint density at radius 1 is 1.21 bits per heavy atom. The number of rotatable bonds is 4. The van der Waals surface area contributed by atoms with Gasteiger partial charge in [-0.2, -0.15) is 13.2 Å². The molecule has 0 bridgehead atoms. The van der Waals surface area contributed by atoms with Gasteiger partial charge in [-0.15, -0.1) is 0 Å². The summed E-state index contributed by atoms with van der Waals surface area (Å²) in [6, 6.07) is 1.70. The van der Waals surface area contributed by atoms with Gasteiger partial charge < -0.3 is 10.2 Å². The average Bonchev–Trinajstić information content (AvgIpc) is 2.67. The highest BCUT2D eigenvalue weighted by molar-refractivity contribution is 5.87. The predicted molar refractivity (Wildman–Crippen MR) is 95.5 cm³/mol. The third-order valence-corrected chi connectivity index (χ3v) is 4.49. The molecule has 11 heteroatoms. The van der Waals surface area contributed by atoms with E-state index in [1.54, 1.807) is 0 Å². The minimum Gasteiger partial charge on any atom is -0.356 e. The number of aromatic nitrogens is 4. The Labute approximate surface area is 159 Å². The maximum absolute atomic E-state index is 13.1. The van der Waals surface area contributed by atoms with Crippen LogP contribution in [0.2, 0.25) is 0 Å². The highest BCUT2D eigenvalue weighted by Gasteiger charge is 2.34. The molecule has 0 spiro atoms. The van der Waals surface area contributed by atoms with Crippen LogP contribution in [0.15, 0.2) is 24.8 Å². The van der Waals surface area contributed by atoms with Crippen LogP contribution in [0.25, 0.3) is 0 Å². The number of anilines is 2. The fraction of sp³-hybridized carbons (Fsp3) is 0.471. The number of halogens is 3. The summed E-state index contributed by atoms with van der Waals surface area (Å²) < 4.78 is 39.3. The largest absolute Gasteiger partial charge is 0.433 e. The van der Waals surface area contributed by atoms with Crippen LogP contribution in [0.4, 0.5) is 29.7 Å². The quantitative estimate of drug-likeness (QED) is 0.827. The van der Waals surface area contributed by atoms with Crippen molar-refractivity contribution in [3.8, 4) is 0 Å². The Hall–Kier alpha value is -2.98. The topological polar surface area (TPSA) is 95.9 Å². The number of carbonyl (C=O) groups is 1. The van der Waals surface area contributed by atoms with Gasteiger partial charge in [0.25, 0.3) is 0 Å². The van der Waals surface area contributed by atoms with E-state index in [0.717, 1.165) is 18.9 Å². The van der Waals surface area contributed by atoms with Crippen molar-refractivity contribution >= 4 is 17.8 Å². The molecular weight excluding hydrogens is 375 g/mol. The Morgan fingerprint density at radius 2 is 1.89 bits per heavy atom. The average molecular weight is 395 g/mol. The summed E-state index contributed by atoms with van der Waals surface area (Å²) in [4.78, 5) is 28.9. The van der Waals surface area contributed by atoms with Gasteiger partial charge in [-0.1, -0.05) is 13.0 Å². The number of hydrogen-bond acceptors (Lipinski definition) is 6. The number of nitrogens with one attached hydrogen (secondary N) is 2. The molecule has 150 valence electrons. The maximum Gasteiger partial charge on any atom is 0.433 e. The molecule has 2 aromatic rings. The highest BCUT2D eigenvalue weighted by Crippen LogP contribution is 2.32. The molecule has 1 saturated heterocycles. The molecule has 3 rings (SSSR count). The summed E-state index contributed by atoms with van der Waals surface area (Å²) >= 11 is 0. The number of nitrogens with zero attached hydrogens (tertiary/aromatic N) is 5. The summed E-state index contributed by atoms with van der Waals surface area (Å²) in [6.45, 7) is 3.38. The van der Waals surface area contributed by atoms with Crippen LogP contribution in [0, 0.1) is 5.92 Å². The first-order valence-electron chi connectivity index (χ1n) is 8.82. The molecule has 0 unspecified atom stereocenters. The second kappa shape index (κ2) is 8.36. The zero-order valence-corrected chi connectivity index (χ0v) is 15.2. The lowest BCUT2D eigenvalue weighted by molar-refractivity contribution is -0.141. The zero-order valence-electron chi connectivity index (χ0n) is 15.2. The van der Waals surface area contributed by atoms with Crippen molar-refractivity contribution in [1.82, 2.24) is 25.3 Å². The van der Waals surface area contributed by atoms with E-state index >= 15 is 0 Å². The first kappa shape index (κ1) is 19.8. The van der Waals surface area contributed by atoms with E-state index in [0.29, 0.717) is 24.6 Å². The molecular formula is C17H20F3N7O. The smallest absolute Gasteiger partial charge is 0.356 e. The molecule has 8 nitrogen and oxygen atoms in total. The van der Waals surface area contributed by atoms with Crippen LogP contribution >= 0.6 is 0 Å².